The maximum Gasteiger partial charge on any atom is 0.323 e. The van der Waals surface area contributed by atoms with Crippen LogP contribution < -0.4 is 85.5 Å². The molecular formula is C72H114N20O19S2. The Hall–Kier alpha value is -9.09. The van der Waals surface area contributed by atoms with Gasteiger partial charge in [-0.1, -0.05) is 102 Å². The zero-order chi connectivity index (χ0) is 83.3. The zero-order valence-electron chi connectivity index (χ0n) is 65.6. The molecule has 7 heterocycles. The molecule has 1 saturated carbocycles. The van der Waals surface area contributed by atoms with E-state index < -0.39 is 239 Å². The van der Waals surface area contributed by atoms with Crippen LogP contribution in [0.5, 0.6) is 0 Å². The van der Waals surface area contributed by atoms with Crippen LogP contribution in [0.3, 0.4) is 0 Å². The van der Waals surface area contributed by atoms with E-state index in [9.17, 15) is 53.7 Å². The highest BCUT2D eigenvalue weighted by Gasteiger charge is 2.65. The molecule has 0 radical (unpaired) electrons. The normalized spacial score (nSPS) is 33.9. The van der Waals surface area contributed by atoms with Gasteiger partial charge in [0, 0.05) is 37.9 Å². The summed E-state index contributed by atoms with van der Waals surface area (Å²) in [5.41, 5.74) is 2.70. The van der Waals surface area contributed by atoms with E-state index in [4.69, 9.17) is 11.1 Å². The minimum absolute atomic E-state index is 0.00530. The maximum atomic E-state index is 15.9. The van der Waals surface area contributed by atoms with Crippen molar-refractivity contribution in [2.24, 2.45) is 35.3 Å². The van der Waals surface area contributed by atoms with Crippen LogP contribution in [0.25, 0.3) is 0 Å². The lowest BCUT2D eigenvalue weighted by atomic mass is 9.77. The number of rotatable bonds is 15. The Bertz CT molecular complexity index is 3670. The van der Waals surface area contributed by atoms with E-state index in [-0.39, 0.29) is 101 Å². The lowest BCUT2D eigenvalue weighted by molar-refractivity contribution is -0.162. The van der Waals surface area contributed by atoms with Crippen LogP contribution in [0.2, 0.25) is 0 Å². The topological polar surface area (TPSA) is 574 Å². The van der Waals surface area contributed by atoms with Gasteiger partial charge < -0.3 is 110 Å². The average Bonchev–Trinajstić information content (AvgIpc) is 1.55. The smallest absolute Gasteiger partial charge is 0.323 e. The molecule has 6 saturated heterocycles. The predicted molar refractivity (Wildman–Crippen MR) is 411 cm³/mol. The predicted octanol–water partition coefficient (Wildman–Crippen LogP) is -3.75. The van der Waals surface area contributed by atoms with Gasteiger partial charge in [0.15, 0.2) is 11.3 Å². The van der Waals surface area contributed by atoms with Crippen LogP contribution in [0.1, 0.15) is 166 Å². The molecule has 1 aliphatic carbocycles. The van der Waals surface area contributed by atoms with E-state index in [0.717, 1.165) is 18.2 Å². The van der Waals surface area contributed by atoms with Crippen LogP contribution in [-0.4, -0.2) is 270 Å². The van der Waals surface area contributed by atoms with Gasteiger partial charge in [-0.15, -0.1) is 0 Å². The van der Waals surface area contributed by atoms with Gasteiger partial charge in [0.05, 0.1) is 36.1 Å². The fourth-order valence-electron chi connectivity index (χ4n) is 16.1. The molecule has 39 nitrogen and oxygen atoms in total. The number of aliphatic hydroxyl groups excluding tert-OH is 2. The molecule has 21 atom stereocenters. The Labute approximate surface area is 663 Å². The Morgan fingerprint density at radius 1 is 0.646 bits per heavy atom. The molecule has 0 aromatic carbocycles. The number of aliphatic carboxylic acids is 1. The first kappa shape index (κ1) is 89.5. The molecule has 8 rings (SSSR count). The number of fused-ring (bicyclic) bond motifs is 7. The van der Waals surface area contributed by atoms with E-state index in [0.29, 0.717) is 47.3 Å². The Morgan fingerprint density at radius 2 is 1.26 bits per heavy atom. The molecular weight excluding hydrogens is 1510 g/mol. The van der Waals surface area contributed by atoms with Crippen LogP contribution in [0.15, 0.2) is 11.8 Å². The number of nitrogens with zero attached hydrogens (tertiary/aromatic N) is 3. The van der Waals surface area contributed by atoms with Gasteiger partial charge in [0.2, 0.25) is 65.0 Å². The number of aldehydes is 1. The summed E-state index contributed by atoms with van der Waals surface area (Å²) < 4.78 is -1.79. The highest BCUT2D eigenvalue weighted by molar-refractivity contribution is 8.77. The Kier molecular flexibility index (Phi) is 30.7. The number of imide groups is 1. The zero-order valence-corrected chi connectivity index (χ0v) is 67.2. The SMILES string of the molecule is CC[C@H](C)[C@@H]1NC(=O)NC(=O)NC[C@@](C)(C=O)NC(=O)[C@@H](CC(=O)O)NC(=O)[C@@H]2CCCN2C(=O)[C@H]([C@@H](C)CC)NC(=O)[C@H]2NC(=O)[C@H]([C@@H](C)CC)NC(=O)[C@@H]3C[C@@H]4CCCC[C@@]45NC4CCN(C(=O)[C@@H]6CC(C)C=C(N6)[C@H](CO)NC(=O)[C@H](CCCNC(=N)N)NC(=O)[C@H](CO)NC(=O)[C@@H](NC1=O)SSC2(C)C)[C@@H]4C(=O)N35. The van der Waals surface area contributed by atoms with Crippen LogP contribution in [-0.2, 0) is 67.1 Å². The molecule has 113 heavy (non-hydrogen) atoms. The molecule has 41 heteroatoms. The number of nitrogens with one attached hydrogen (secondary N) is 16. The lowest BCUT2D eigenvalue weighted by Gasteiger charge is -2.54. The summed E-state index contributed by atoms with van der Waals surface area (Å²) in [6.07, 6.45) is 4.76. The maximum absolute atomic E-state index is 15.9. The number of carboxylic acid groups (broad SMARTS) is 1. The van der Waals surface area contributed by atoms with Gasteiger partial charge in [-0.3, -0.25) is 78.4 Å². The molecule has 2 unspecified atom stereocenters. The highest BCUT2D eigenvalue weighted by Crippen LogP contribution is 2.51. The van der Waals surface area contributed by atoms with Crippen molar-refractivity contribution >= 4 is 123 Å². The average molecular weight is 1630 g/mol. The quantitative estimate of drug-likeness (QED) is 0.0246. The number of carboxylic acids is 1. The number of amides is 16. The first-order chi connectivity index (χ1) is 53.4. The summed E-state index contributed by atoms with van der Waals surface area (Å²) in [6.45, 7) is 13.2. The molecule has 7 fully saturated rings. The second kappa shape index (κ2) is 38.8. The van der Waals surface area contributed by atoms with E-state index in [1.54, 1.807) is 45.6 Å². The third kappa shape index (κ3) is 21.3. The largest absolute Gasteiger partial charge is 0.481 e. The molecule has 6 bridgehead atoms. The number of hydrogen-bond acceptors (Lipinski definition) is 23. The second-order valence-electron chi connectivity index (χ2n) is 31.8. The first-order valence-corrected chi connectivity index (χ1v) is 41.2. The molecule has 628 valence electrons. The van der Waals surface area contributed by atoms with E-state index in [1.807, 2.05) is 12.2 Å². The monoisotopic (exact) mass is 1630 g/mol. The molecule has 1 spiro atoms. The number of carbonyl (C=O) groups is 16. The molecule has 16 amide bonds. The Morgan fingerprint density at radius 3 is 1.90 bits per heavy atom. The fraction of sp³-hybridized carbons (Fsp3) is 0.736. The van der Waals surface area contributed by atoms with Gasteiger partial charge in [-0.05, 0) is 115 Å². The van der Waals surface area contributed by atoms with Crippen molar-refractivity contribution in [1.29, 1.82) is 5.41 Å². The minimum atomic E-state index is -2.06. The molecule has 0 aromatic heterocycles. The highest BCUT2D eigenvalue weighted by atomic mass is 33.1. The van der Waals surface area contributed by atoms with Crippen molar-refractivity contribution in [3.05, 3.63) is 11.8 Å². The van der Waals surface area contributed by atoms with Crippen molar-refractivity contribution in [2.45, 2.75) is 265 Å². The van der Waals surface area contributed by atoms with Gasteiger partial charge in [-0.25, -0.2) is 9.59 Å². The van der Waals surface area contributed by atoms with Crippen LogP contribution >= 0.6 is 21.6 Å². The van der Waals surface area contributed by atoms with Gasteiger partial charge in [0.25, 0.3) is 5.91 Å². The van der Waals surface area contributed by atoms with Crippen molar-refractivity contribution in [2.75, 3.05) is 39.4 Å². The second-order valence-corrected chi connectivity index (χ2v) is 34.7. The number of guanidine groups is 1. The lowest BCUT2D eigenvalue weighted by Crippen LogP contribution is -2.76. The fourth-order valence-corrected chi connectivity index (χ4v) is 18.7. The molecule has 7 aliphatic heterocycles. The molecule has 21 N–H and O–H groups in total. The summed E-state index contributed by atoms with van der Waals surface area (Å²) in [6, 6.07) is -21.1. The van der Waals surface area contributed by atoms with E-state index in [1.165, 1.54) is 25.7 Å². The first-order valence-electron chi connectivity index (χ1n) is 39.0. The van der Waals surface area contributed by atoms with Crippen LogP contribution in [0.4, 0.5) is 9.59 Å². The standard InChI is InChI=1S/C72H114N20O19S2/c1-11-35(5)49-59(103)85-53-61(105)83-51(37(7)13-3)65(108)90-24-17-20-46(90)57(101)79-42(29-48(96)97)56(100)89-71(10,33-95)32-76-68(110)87-69(111)84-50(36(6)12-2)60(104)86-63(112-113-70(53,8)9)62(106)81-45(31-94)55(99)78-40(19-16-23-75-67(73)74)54(98)80-44(30-93)41-26-34(4)27-43(77-41)64(107)91-25-21-39-52(91)66(109)92-47(58(102)82-49)28-38-18-14-15-22-72(38,92)88-39/h26,33-40,42-47,49-53,63,77,88,93-94H,11-25,27-32H2,1-10H3,(H,78,99)(H,79,101)(H,80,98)(H,81,106)(H,82,102)(H,83,105)(H,85,103)(H,86,104)(H,89,100)(H,96,97)(H4,73,74,75)(H3,76,84,87,110,111)/t34?,35-,36-,37-,38-,39?,40-,42+,43-,44-,45-,46-,47-,49-,50-,51-,52-,53+,63-,71-,72-/m0/s1. The van der Waals surface area contributed by atoms with Crippen molar-refractivity contribution in [3.8, 4) is 0 Å². The summed E-state index contributed by atoms with van der Waals surface area (Å²) in [5.74, 6) is -16.1. The van der Waals surface area contributed by atoms with Crippen molar-refractivity contribution in [1.82, 2.24) is 94.5 Å². The number of carbonyl (C=O) groups excluding carboxylic acids is 15. The van der Waals surface area contributed by atoms with E-state index in [2.05, 4.69) is 74.4 Å². The number of hydrogen-bond donors (Lipinski definition) is 20. The number of nitrogens with two attached hydrogens (primary N) is 1. The minimum Gasteiger partial charge on any atom is -0.481 e. The molecule has 0 aromatic rings. The number of allylic oxidation sites excluding steroid dienone is 1. The molecule has 8 aliphatic rings. The number of aliphatic hydroxyl groups is 2. The van der Waals surface area contributed by atoms with Gasteiger partial charge in [0.1, 0.15) is 78.3 Å². The summed E-state index contributed by atoms with van der Waals surface area (Å²) in [4.78, 5) is 238. The van der Waals surface area contributed by atoms with Crippen molar-refractivity contribution in [3.63, 3.8) is 0 Å². The Balaban J connectivity index is 1.27. The number of urea groups is 2. The van der Waals surface area contributed by atoms with Crippen LogP contribution in [0, 0.1) is 35.0 Å². The van der Waals surface area contributed by atoms with Gasteiger partial charge >= 0.3 is 18.0 Å². The summed E-state index contributed by atoms with van der Waals surface area (Å²) in [7, 11) is 1.23. The summed E-state index contributed by atoms with van der Waals surface area (Å²) in [5, 5.41) is 77.8. The van der Waals surface area contributed by atoms with E-state index >= 15 is 38.4 Å². The summed E-state index contributed by atoms with van der Waals surface area (Å²) >= 11 is 0. The third-order valence-electron chi connectivity index (χ3n) is 23.0. The van der Waals surface area contributed by atoms with Crippen molar-refractivity contribution < 1.29 is 92.0 Å². The van der Waals surface area contributed by atoms with Gasteiger partial charge in [-0.2, -0.15) is 0 Å². The third-order valence-corrected chi connectivity index (χ3v) is 26.5.